The maximum atomic E-state index is 10.9. The fourth-order valence-corrected chi connectivity index (χ4v) is 3.96. The van der Waals surface area contributed by atoms with Gasteiger partial charge in [0, 0.05) is 0 Å². The molecule has 0 fully saturated rings. The minimum absolute atomic E-state index is 0. The van der Waals surface area contributed by atoms with Crippen molar-refractivity contribution in [3.05, 3.63) is 35.9 Å². The Hall–Kier alpha value is 0.290. The van der Waals surface area contributed by atoms with Crippen molar-refractivity contribution >= 4 is 37.4 Å². The Morgan fingerprint density at radius 2 is 1.16 bits per heavy atom. The summed E-state index contributed by atoms with van der Waals surface area (Å²) in [6.45, 7) is 2.26. The van der Waals surface area contributed by atoms with Gasteiger partial charge in [0.05, 0.1) is 0 Å². The van der Waals surface area contributed by atoms with Crippen LogP contribution in [0.25, 0.3) is 0 Å². The van der Waals surface area contributed by atoms with Gasteiger partial charge in [-0.1, -0.05) is 134 Å². The number of hydrogen-bond acceptors (Lipinski definition) is 3. The summed E-state index contributed by atoms with van der Waals surface area (Å²) in [4.78, 5) is 22.8. The van der Waals surface area contributed by atoms with Crippen molar-refractivity contribution in [3.8, 4) is 0 Å². The molecule has 31 heavy (non-hydrogen) atoms. The summed E-state index contributed by atoms with van der Waals surface area (Å²) in [5.41, 5.74) is 0.872. The second kappa shape index (κ2) is 20.9. The molecule has 0 amide bonds. The molecule has 1 aromatic rings. The number of rotatable bonds is 20. The third-order valence-electron chi connectivity index (χ3n) is 5.50. The van der Waals surface area contributed by atoms with Gasteiger partial charge < -0.3 is 9.79 Å². The summed E-state index contributed by atoms with van der Waals surface area (Å²) in [5, 5.41) is 0. The van der Waals surface area contributed by atoms with E-state index in [2.05, 4.69) is 11.6 Å². The van der Waals surface area contributed by atoms with Gasteiger partial charge in [-0.2, -0.15) is 0 Å². The molecule has 2 N–H and O–H groups in total. The summed E-state index contributed by atoms with van der Waals surface area (Å²) in [6.07, 6.45) is 19.8. The SMILES string of the molecule is CCCCCCCCCCCCCCCCCC(OOP(=O)(O)O)c1ccccc1.[NaH]. The van der Waals surface area contributed by atoms with Gasteiger partial charge in [0.25, 0.3) is 0 Å². The van der Waals surface area contributed by atoms with E-state index in [-0.39, 0.29) is 29.6 Å². The first-order valence-electron chi connectivity index (χ1n) is 12.0. The molecule has 0 saturated carbocycles. The Bertz CT molecular complexity index is 552. The predicted molar refractivity (Wildman–Crippen MR) is 130 cm³/mol. The molecule has 1 aromatic carbocycles. The van der Waals surface area contributed by atoms with Gasteiger partial charge in [0.2, 0.25) is 0 Å². The molecule has 1 atom stereocenters. The van der Waals surface area contributed by atoms with Crippen LogP contribution in [0, 0.1) is 0 Å². The van der Waals surface area contributed by atoms with E-state index in [1.54, 1.807) is 0 Å². The van der Waals surface area contributed by atoms with Crippen molar-refractivity contribution in [2.75, 3.05) is 0 Å². The van der Waals surface area contributed by atoms with E-state index in [9.17, 15) is 4.57 Å². The molecule has 0 bridgehead atoms. The van der Waals surface area contributed by atoms with Crippen molar-refractivity contribution in [1.29, 1.82) is 0 Å². The molecule has 7 heteroatoms. The van der Waals surface area contributed by atoms with Gasteiger partial charge in [0.15, 0.2) is 0 Å². The first kappa shape index (κ1) is 31.3. The minimum atomic E-state index is -4.64. The quantitative estimate of drug-likeness (QED) is 0.0689. The van der Waals surface area contributed by atoms with Gasteiger partial charge in [-0.05, 0) is 12.0 Å². The van der Waals surface area contributed by atoms with Gasteiger partial charge in [0.1, 0.15) is 6.10 Å². The average Bonchev–Trinajstić information content (AvgIpc) is 2.73. The monoisotopic (exact) mass is 466 g/mol. The van der Waals surface area contributed by atoms with Gasteiger partial charge in [-0.15, -0.1) is 4.67 Å². The van der Waals surface area contributed by atoms with Crippen molar-refractivity contribution in [3.63, 3.8) is 0 Å². The predicted octanol–water partition coefficient (Wildman–Crippen LogP) is 7.38. The Morgan fingerprint density at radius 3 is 1.58 bits per heavy atom. The fourth-order valence-electron chi connectivity index (χ4n) is 3.75. The van der Waals surface area contributed by atoms with Crippen molar-refractivity contribution in [2.24, 2.45) is 0 Å². The molecule has 0 aliphatic carbocycles. The van der Waals surface area contributed by atoms with Crippen LogP contribution in [0.3, 0.4) is 0 Å². The van der Waals surface area contributed by atoms with Crippen LogP contribution in [0.15, 0.2) is 30.3 Å². The van der Waals surface area contributed by atoms with Gasteiger partial charge >= 0.3 is 37.4 Å². The molecule has 0 saturated heterocycles. The zero-order valence-corrected chi connectivity index (χ0v) is 19.7. The molecular weight excluding hydrogens is 422 g/mol. The van der Waals surface area contributed by atoms with E-state index >= 15 is 0 Å². The van der Waals surface area contributed by atoms with Crippen molar-refractivity contribution in [1.82, 2.24) is 0 Å². The molecule has 176 valence electrons. The number of unbranched alkanes of at least 4 members (excludes halogenated alkanes) is 14. The molecule has 0 aliphatic rings. The Balaban J connectivity index is 0.00000900. The number of hydrogen-bond donors (Lipinski definition) is 2. The summed E-state index contributed by atoms with van der Waals surface area (Å²) in [7, 11) is -4.64. The van der Waals surface area contributed by atoms with Crippen molar-refractivity contribution < 1.29 is 23.9 Å². The molecule has 0 aromatic heterocycles. The van der Waals surface area contributed by atoms with Crippen LogP contribution in [0.4, 0.5) is 0 Å². The maximum absolute atomic E-state index is 10.9. The summed E-state index contributed by atoms with van der Waals surface area (Å²) in [6, 6.07) is 9.45. The zero-order valence-electron chi connectivity index (χ0n) is 18.8. The van der Waals surface area contributed by atoms with Crippen LogP contribution in [-0.4, -0.2) is 39.3 Å². The Morgan fingerprint density at radius 1 is 0.742 bits per heavy atom. The summed E-state index contributed by atoms with van der Waals surface area (Å²) < 4.78 is 15.2. The Labute approximate surface area is 212 Å². The zero-order chi connectivity index (χ0) is 21.9. The van der Waals surface area contributed by atoms with Crippen LogP contribution < -0.4 is 0 Å². The number of phosphoric acid groups is 1. The van der Waals surface area contributed by atoms with Gasteiger partial charge in [-0.3, -0.25) is 0 Å². The second-order valence-electron chi connectivity index (χ2n) is 8.30. The van der Waals surface area contributed by atoms with E-state index in [0.29, 0.717) is 6.42 Å². The molecule has 0 heterocycles. The first-order chi connectivity index (χ1) is 14.5. The molecule has 1 unspecified atom stereocenters. The van der Waals surface area contributed by atoms with E-state index < -0.39 is 13.9 Å². The molecular formula is C24H44NaO5P. The topological polar surface area (TPSA) is 76.0 Å². The first-order valence-corrected chi connectivity index (χ1v) is 13.5. The third kappa shape index (κ3) is 19.5. The van der Waals surface area contributed by atoms with Crippen molar-refractivity contribution in [2.45, 2.75) is 116 Å². The molecule has 0 aliphatic heterocycles. The molecule has 0 radical (unpaired) electrons. The van der Waals surface area contributed by atoms with Crippen LogP contribution >= 0.6 is 7.82 Å². The van der Waals surface area contributed by atoms with E-state index in [1.807, 2.05) is 30.3 Å². The summed E-state index contributed by atoms with van der Waals surface area (Å²) >= 11 is 0. The molecule has 5 nitrogen and oxygen atoms in total. The second-order valence-corrected chi connectivity index (χ2v) is 9.43. The van der Waals surface area contributed by atoms with Crippen LogP contribution in [0.2, 0.25) is 0 Å². The van der Waals surface area contributed by atoms with Crippen LogP contribution in [0.1, 0.15) is 121 Å². The van der Waals surface area contributed by atoms with Crippen LogP contribution in [0.5, 0.6) is 0 Å². The van der Waals surface area contributed by atoms with Crippen LogP contribution in [-0.2, 0) is 14.1 Å². The van der Waals surface area contributed by atoms with E-state index in [4.69, 9.17) is 14.7 Å². The standard InChI is InChI=1S/C24H43O5P.Na.H/c1-2-3-4-5-6-7-8-9-10-11-12-13-14-15-19-22-24(28-29-30(25,26)27)23-20-17-16-18-21-23;;/h16-18,20-21,24H,2-15,19,22H2,1H3,(H2,25,26,27);;. The molecule has 0 spiro atoms. The normalized spacial score (nSPS) is 12.5. The third-order valence-corrected chi connectivity index (χ3v) is 5.78. The Kier molecular flexibility index (Phi) is 21.1. The van der Waals surface area contributed by atoms with Gasteiger partial charge in [-0.25, -0.2) is 9.45 Å². The summed E-state index contributed by atoms with van der Waals surface area (Å²) in [5.74, 6) is 0. The van der Waals surface area contributed by atoms with E-state index in [0.717, 1.165) is 18.4 Å². The fraction of sp³-hybridized carbons (Fsp3) is 0.750. The number of benzene rings is 1. The average molecular weight is 467 g/mol. The molecule has 1 rings (SSSR count). The van der Waals surface area contributed by atoms with E-state index in [1.165, 1.54) is 83.5 Å².